The van der Waals surface area contributed by atoms with E-state index in [1.54, 1.807) is 12.4 Å². The third-order valence-corrected chi connectivity index (χ3v) is 5.70. The van der Waals surface area contributed by atoms with Crippen LogP contribution in [-0.2, 0) is 19.5 Å². The number of hydrogen-bond donors (Lipinski definition) is 2. The van der Waals surface area contributed by atoms with Crippen molar-refractivity contribution in [2.24, 2.45) is 0 Å². The molecule has 6 nitrogen and oxygen atoms in total. The van der Waals surface area contributed by atoms with Crippen LogP contribution in [0, 0.1) is 0 Å². The second kappa shape index (κ2) is 7.00. The van der Waals surface area contributed by atoms with Gasteiger partial charge in [0.05, 0.1) is 11.3 Å². The maximum Gasteiger partial charge on any atom is 0.255 e. The standard InChI is InChI=1S/C21H18BrN5O/c22-15-3-4-18-16(8-15)14(10-24-18)11-27-7-5-19-17(12-27)21(28)26-20(25-19)13-2-1-6-23-9-13/h1-4,6,8-10,24H,5,7,11-12H2,(H,25,26,28). The van der Waals surface area contributed by atoms with Gasteiger partial charge in [-0.2, -0.15) is 0 Å². The second-order valence-corrected chi connectivity index (χ2v) is 7.96. The third kappa shape index (κ3) is 3.16. The monoisotopic (exact) mass is 435 g/mol. The minimum Gasteiger partial charge on any atom is -0.361 e. The summed E-state index contributed by atoms with van der Waals surface area (Å²) in [5, 5.41) is 1.21. The molecule has 0 saturated carbocycles. The van der Waals surface area contributed by atoms with Gasteiger partial charge in [0, 0.05) is 65.6 Å². The average molecular weight is 436 g/mol. The molecule has 0 bridgehead atoms. The number of fused-ring (bicyclic) bond motifs is 2. The zero-order chi connectivity index (χ0) is 19.1. The van der Waals surface area contributed by atoms with Crippen LogP contribution in [0.25, 0.3) is 22.3 Å². The fourth-order valence-electron chi connectivity index (χ4n) is 3.78. The van der Waals surface area contributed by atoms with Crippen LogP contribution in [-0.4, -0.2) is 31.4 Å². The first-order valence-electron chi connectivity index (χ1n) is 9.18. The lowest BCUT2D eigenvalue weighted by molar-refractivity contribution is 0.242. The molecular weight excluding hydrogens is 418 g/mol. The van der Waals surface area contributed by atoms with Gasteiger partial charge < -0.3 is 9.97 Å². The molecule has 0 amide bonds. The lowest BCUT2D eigenvalue weighted by Gasteiger charge is -2.27. The van der Waals surface area contributed by atoms with Crippen LogP contribution in [0.1, 0.15) is 16.8 Å². The molecule has 5 rings (SSSR count). The van der Waals surface area contributed by atoms with Crippen LogP contribution in [0.4, 0.5) is 0 Å². The molecule has 1 aliphatic rings. The van der Waals surface area contributed by atoms with Gasteiger partial charge in [0.2, 0.25) is 0 Å². The van der Waals surface area contributed by atoms with Crippen LogP contribution >= 0.6 is 15.9 Å². The van der Waals surface area contributed by atoms with Gasteiger partial charge in [-0.25, -0.2) is 4.98 Å². The van der Waals surface area contributed by atoms with Crippen molar-refractivity contribution in [3.63, 3.8) is 0 Å². The highest BCUT2D eigenvalue weighted by Crippen LogP contribution is 2.25. The largest absolute Gasteiger partial charge is 0.361 e. The number of H-pyrrole nitrogens is 2. The highest BCUT2D eigenvalue weighted by atomic mass is 79.9. The van der Waals surface area contributed by atoms with Crippen molar-refractivity contribution in [1.82, 2.24) is 24.8 Å². The van der Waals surface area contributed by atoms with Gasteiger partial charge in [0.15, 0.2) is 0 Å². The minimum atomic E-state index is -0.0600. The smallest absolute Gasteiger partial charge is 0.255 e. The lowest BCUT2D eigenvalue weighted by atomic mass is 10.1. The zero-order valence-corrected chi connectivity index (χ0v) is 16.7. The number of rotatable bonds is 3. The first kappa shape index (κ1) is 17.3. The van der Waals surface area contributed by atoms with Gasteiger partial charge in [-0.1, -0.05) is 15.9 Å². The highest BCUT2D eigenvalue weighted by molar-refractivity contribution is 9.10. The van der Waals surface area contributed by atoms with Crippen molar-refractivity contribution >= 4 is 26.8 Å². The molecule has 0 unspecified atom stereocenters. The molecule has 0 atom stereocenters. The number of nitrogens with zero attached hydrogens (tertiary/aromatic N) is 3. The van der Waals surface area contributed by atoms with Crippen molar-refractivity contribution < 1.29 is 0 Å². The normalized spacial score (nSPS) is 14.3. The van der Waals surface area contributed by atoms with Gasteiger partial charge in [-0.3, -0.25) is 14.7 Å². The van der Waals surface area contributed by atoms with Crippen molar-refractivity contribution in [2.75, 3.05) is 6.54 Å². The molecule has 0 saturated heterocycles. The number of halogens is 1. The molecule has 1 aromatic carbocycles. The molecule has 0 aliphatic carbocycles. The number of benzene rings is 1. The van der Waals surface area contributed by atoms with Crippen LogP contribution in [0.2, 0.25) is 0 Å². The molecule has 140 valence electrons. The fourth-order valence-corrected chi connectivity index (χ4v) is 4.14. The number of aromatic nitrogens is 4. The van der Waals surface area contributed by atoms with E-state index in [-0.39, 0.29) is 5.56 Å². The zero-order valence-electron chi connectivity index (χ0n) is 15.1. The molecular formula is C21H18BrN5O. The molecule has 0 fully saturated rings. The number of nitrogens with one attached hydrogen (secondary N) is 2. The van der Waals surface area contributed by atoms with E-state index < -0.39 is 0 Å². The lowest BCUT2D eigenvalue weighted by Crippen LogP contribution is -2.35. The summed E-state index contributed by atoms with van der Waals surface area (Å²) < 4.78 is 1.06. The van der Waals surface area contributed by atoms with E-state index in [0.717, 1.165) is 46.3 Å². The molecule has 7 heteroatoms. The molecule has 4 heterocycles. The maximum atomic E-state index is 12.7. The predicted molar refractivity (Wildman–Crippen MR) is 112 cm³/mol. The van der Waals surface area contributed by atoms with E-state index in [1.807, 2.05) is 18.2 Å². The van der Waals surface area contributed by atoms with E-state index in [4.69, 9.17) is 4.98 Å². The molecule has 1 aliphatic heterocycles. The molecule has 3 aromatic heterocycles. The third-order valence-electron chi connectivity index (χ3n) is 5.21. The quantitative estimate of drug-likeness (QED) is 0.514. The van der Waals surface area contributed by atoms with Gasteiger partial charge in [-0.15, -0.1) is 0 Å². The van der Waals surface area contributed by atoms with Gasteiger partial charge >= 0.3 is 0 Å². The summed E-state index contributed by atoms with van der Waals surface area (Å²) in [4.78, 5) is 30.1. The number of aromatic amines is 2. The van der Waals surface area contributed by atoms with Gasteiger partial charge in [-0.05, 0) is 35.9 Å². The van der Waals surface area contributed by atoms with E-state index in [9.17, 15) is 4.79 Å². The number of pyridine rings is 1. The van der Waals surface area contributed by atoms with Gasteiger partial charge in [0.1, 0.15) is 5.82 Å². The summed E-state index contributed by atoms with van der Waals surface area (Å²) in [6.45, 7) is 2.27. The van der Waals surface area contributed by atoms with E-state index in [2.05, 4.69) is 54.1 Å². The van der Waals surface area contributed by atoms with Crippen LogP contribution in [0.3, 0.4) is 0 Å². The fraction of sp³-hybridized carbons (Fsp3) is 0.190. The van der Waals surface area contributed by atoms with Crippen molar-refractivity contribution in [3.8, 4) is 11.4 Å². The summed E-state index contributed by atoms with van der Waals surface area (Å²) in [6, 6.07) is 9.99. The predicted octanol–water partition coefficient (Wildman–Crippen LogP) is 3.63. The topological polar surface area (TPSA) is 77.7 Å². The Labute approximate surface area is 169 Å². The van der Waals surface area contributed by atoms with Crippen LogP contribution in [0.15, 0.2) is 58.2 Å². The Morgan fingerprint density at radius 3 is 3.04 bits per heavy atom. The van der Waals surface area contributed by atoms with E-state index in [1.165, 1.54) is 10.9 Å². The Morgan fingerprint density at radius 2 is 2.18 bits per heavy atom. The van der Waals surface area contributed by atoms with Crippen molar-refractivity contribution in [3.05, 3.63) is 80.6 Å². The first-order valence-corrected chi connectivity index (χ1v) is 9.97. The van der Waals surface area contributed by atoms with Crippen molar-refractivity contribution in [2.45, 2.75) is 19.5 Å². The average Bonchev–Trinajstić information content (AvgIpc) is 3.11. The summed E-state index contributed by atoms with van der Waals surface area (Å²) in [6.07, 6.45) is 6.25. The molecule has 0 radical (unpaired) electrons. The van der Waals surface area contributed by atoms with Crippen molar-refractivity contribution in [1.29, 1.82) is 0 Å². The Morgan fingerprint density at radius 1 is 1.25 bits per heavy atom. The van der Waals surface area contributed by atoms with E-state index >= 15 is 0 Å². The maximum absolute atomic E-state index is 12.7. The highest BCUT2D eigenvalue weighted by Gasteiger charge is 2.22. The molecule has 28 heavy (non-hydrogen) atoms. The van der Waals surface area contributed by atoms with Crippen LogP contribution < -0.4 is 5.56 Å². The second-order valence-electron chi connectivity index (χ2n) is 7.05. The summed E-state index contributed by atoms with van der Waals surface area (Å²) in [5.41, 5.74) is 4.78. The summed E-state index contributed by atoms with van der Waals surface area (Å²) in [5.74, 6) is 0.590. The SMILES string of the molecule is O=c1[nH]c(-c2cccnc2)nc2c1CN(Cc1c[nH]c3ccc(Br)cc13)CC2. The Kier molecular flexibility index (Phi) is 4.33. The Balaban J connectivity index is 1.42. The van der Waals surface area contributed by atoms with E-state index in [0.29, 0.717) is 12.4 Å². The van der Waals surface area contributed by atoms with Crippen LogP contribution in [0.5, 0.6) is 0 Å². The summed E-state index contributed by atoms with van der Waals surface area (Å²) >= 11 is 3.55. The minimum absolute atomic E-state index is 0.0600. The van der Waals surface area contributed by atoms with Gasteiger partial charge in [0.25, 0.3) is 5.56 Å². The summed E-state index contributed by atoms with van der Waals surface area (Å²) in [7, 11) is 0. The molecule has 2 N–H and O–H groups in total. The Bertz CT molecular complexity index is 1210. The molecule has 4 aromatic rings. The Hall–Kier alpha value is -2.77. The number of hydrogen-bond acceptors (Lipinski definition) is 4. The first-order chi connectivity index (χ1) is 13.7. The molecule has 0 spiro atoms.